The topological polar surface area (TPSA) is 57.2 Å². The maximum absolute atomic E-state index is 5.14. The minimum absolute atomic E-state index is 0.673. The summed E-state index contributed by atoms with van der Waals surface area (Å²) in [4.78, 5) is 18.1. The first kappa shape index (κ1) is 19.9. The maximum Gasteiger partial charge on any atom is 0.158 e. The number of benzene rings is 1. The first-order valence-corrected chi connectivity index (χ1v) is 10.4. The molecule has 6 heteroatoms. The smallest absolute Gasteiger partial charge is 0.158 e. The molecule has 0 atom stereocenters. The number of nitrogens with one attached hydrogen (secondary N) is 1. The van der Waals surface area contributed by atoms with E-state index >= 15 is 0 Å². The molecule has 0 unspecified atom stereocenters. The van der Waals surface area contributed by atoms with Crippen LogP contribution in [0.3, 0.4) is 0 Å². The van der Waals surface area contributed by atoms with Crippen LogP contribution in [0.4, 0.5) is 17.3 Å². The maximum atomic E-state index is 5.14. The van der Waals surface area contributed by atoms with Crippen molar-refractivity contribution in [1.29, 1.82) is 0 Å². The van der Waals surface area contributed by atoms with E-state index in [1.165, 1.54) is 16.8 Å². The van der Waals surface area contributed by atoms with Crippen molar-refractivity contribution < 1.29 is 0 Å². The number of hydrogen-bond acceptors (Lipinski definition) is 6. The Morgan fingerprint density at radius 3 is 2.80 bits per heavy atom. The average molecular weight is 401 g/mol. The molecule has 154 valence electrons. The van der Waals surface area contributed by atoms with Gasteiger partial charge in [0, 0.05) is 38.1 Å². The lowest BCUT2D eigenvalue weighted by atomic mass is 10.0. The van der Waals surface area contributed by atoms with Gasteiger partial charge in [0.1, 0.15) is 11.6 Å². The zero-order valence-electron chi connectivity index (χ0n) is 17.9. The van der Waals surface area contributed by atoms with Gasteiger partial charge in [0.05, 0.1) is 17.6 Å². The zero-order valence-corrected chi connectivity index (χ0v) is 17.9. The summed E-state index contributed by atoms with van der Waals surface area (Å²) in [5.74, 6) is 2.36. The van der Waals surface area contributed by atoms with Gasteiger partial charge in [-0.15, -0.1) is 0 Å². The van der Waals surface area contributed by atoms with Crippen LogP contribution in [0.5, 0.6) is 0 Å². The Morgan fingerprint density at radius 1 is 1.20 bits per heavy atom. The van der Waals surface area contributed by atoms with Crippen LogP contribution in [0.15, 0.2) is 61.3 Å². The Labute approximate surface area is 178 Å². The fourth-order valence-electron chi connectivity index (χ4n) is 3.93. The predicted molar refractivity (Wildman–Crippen MR) is 124 cm³/mol. The summed E-state index contributed by atoms with van der Waals surface area (Å²) < 4.78 is 0. The molecule has 0 saturated carbocycles. The third-order valence-corrected chi connectivity index (χ3v) is 5.42. The molecular weight excluding hydrogens is 372 g/mol. The summed E-state index contributed by atoms with van der Waals surface area (Å²) in [6.45, 7) is 10.4. The normalized spacial score (nSPS) is 13.6. The van der Waals surface area contributed by atoms with E-state index in [-0.39, 0.29) is 0 Å². The molecule has 0 radical (unpaired) electrons. The van der Waals surface area contributed by atoms with Crippen molar-refractivity contribution in [3.63, 3.8) is 0 Å². The highest BCUT2D eigenvalue weighted by molar-refractivity contribution is 5.78. The average Bonchev–Trinajstić information content (AvgIpc) is 2.92. The van der Waals surface area contributed by atoms with E-state index in [0.717, 1.165) is 48.8 Å². The molecular formula is C24H28N6. The van der Waals surface area contributed by atoms with Gasteiger partial charge in [-0.3, -0.25) is 4.98 Å². The van der Waals surface area contributed by atoms with Crippen molar-refractivity contribution in [3.05, 3.63) is 72.4 Å². The lowest BCUT2D eigenvalue weighted by Gasteiger charge is -2.29. The highest BCUT2D eigenvalue weighted by atomic mass is 15.3. The second kappa shape index (κ2) is 8.53. The van der Waals surface area contributed by atoms with Gasteiger partial charge in [-0.05, 0) is 37.5 Å². The lowest BCUT2D eigenvalue weighted by Crippen LogP contribution is -2.28. The van der Waals surface area contributed by atoms with Crippen molar-refractivity contribution in [2.24, 2.45) is 0 Å². The SMILES string of the molecule is C=C(Nc1cnccn1)N1CCCN(C)c2c(CC)cc(-c3cccc(C)c3)nc21. The number of fused-ring (bicyclic) bond motifs is 1. The molecule has 1 aliphatic heterocycles. The standard InChI is InChI=1S/C24H28N6/c1-5-19-15-21(20-9-6-8-17(2)14-20)28-24-23(19)29(4)12-7-13-30(24)18(3)27-22-16-25-10-11-26-22/h6,8-11,14-16H,3,5,7,12-13H2,1-2,4H3,(H,26,27). The van der Waals surface area contributed by atoms with Gasteiger partial charge >= 0.3 is 0 Å². The number of aromatic nitrogens is 3. The molecule has 0 spiro atoms. The van der Waals surface area contributed by atoms with Gasteiger partial charge in [0.15, 0.2) is 5.82 Å². The number of aryl methyl sites for hydroxylation is 2. The van der Waals surface area contributed by atoms with Gasteiger partial charge in [-0.25, -0.2) is 9.97 Å². The quantitative estimate of drug-likeness (QED) is 0.673. The molecule has 1 N–H and O–H groups in total. The van der Waals surface area contributed by atoms with E-state index in [9.17, 15) is 0 Å². The Kier molecular flexibility index (Phi) is 5.65. The van der Waals surface area contributed by atoms with Crippen LogP contribution in [0.1, 0.15) is 24.5 Å². The Morgan fingerprint density at radius 2 is 2.07 bits per heavy atom. The van der Waals surface area contributed by atoms with Crippen LogP contribution in [0.25, 0.3) is 11.3 Å². The molecule has 1 aliphatic rings. The fraction of sp³-hybridized carbons (Fsp3) is 0.292. The number of pyridine rings is 1. The number of anilines is 3. The van der Waals surface area contributed by atoms with E-state index < -0.39 is 0 Å². The number of hydrogen-bond donors (Lipinski definition) is 1. The van der Waals surface area contributed by atoms with Crippen LogP contribution in [0, 0.1) is 6.92 Å². The molecule has 1 aromatic carbocycles. The molecule has 3 heterocycles. The summed E-state index contributed by atoms with van der Waals surface area (Å²) in [6, 6.07) is 10.7. The summed E-state index contributed by atoms with van der Waals surface area (Å²) in [6.07, 6.45) is 6.98. The number of nitrogens with zero attached hydrogens (tertiary/aromatic N) is 5. The molecule has 2 aromatic heterocycles. The van der Waals surface area contributed by atoms with Crippen LogP contribution in [-0.4, -0.2) is 35.1 Å². The highest BCUT2D eigenvalue weighted by Crippen LogP contribution is 2.38. The van der Waals surface area contributed by atoms with Crippen LogP contribution < -0.4 is 15.1 Å². The Hall–Kier alpha value is -3.41. The van der Waals surface area contributed by atoms with Crippen LogP contribution in [0.2, 0.25) is 0 Å². The minimum atomic E-state index is 0.673. The van der Waals surface area contributed by atoms with E-state index in [1.807, 2.05) is 0 Å². The summed E-state index contributed by atoms with van der Waals surface area (Å²) in [5.41, 5.74) is 5.81. The molecule has 3 aromatic rings. The first-order valence-electron chi connectivity index (χ1n) is 10.4. The van der Waals surface area contributed by atoms with Crippen molar-refractivity contribution in [2.75, 3.05) is 35.3 Å². The highest BCUT2D eigenvalue weighted by Gasteiger charge is 2.25. The molecule has 0 bridgehead atoms. The van der Waals surface area contributed by atoms with Gasteiger partial charge in [-0.2, -0.15) is 0 Å². The van der Waals surface area contributed by atoms with E-state index in [0.29, 0.717) is 5.82 Å². The van der Waals surface area contributed by atoms with Gasteiger partial charge in [-0.1, -0.05) is 37.3 Å². The van der Waals surface area contributed by atoms with Gasteiger partial charge in [0.25, 0.3) is 0 Å². The second-order valence-electron chi connectivity index (χ2n) is 7.65. The lowest BCUT2D eigenvalue weighted by molar-refractivity contribution is 0.788. The summed E-state index contributed by atoms with van der Waals surface area (Å²) in [5, 5.41) is 3.30. The van der Waals surface area contributed by atoms with E-state index in [4.69, 9.17) is 4.98 Å². The van der Waals surface area contributed by atoms with E-state index in [2.05, 4.69) is 82.9 Å². The first-order chi connectivity index (χ1) is 14.6. The molecule has 0 amide bonds. The third-order valence-electron chi connectivity index (χ3n) is 5.42. The molecule has 30 heavy (non-hydrogen) atoms. The molecule has 4 rings (SSSR count). The molecule has 0 fully saturated rings. The van der Waals surface area contributed by atoms with Crippen molar-refractivity contribution in [2.45, 2.75) is 26.7 Å². The van der Waals surface area contributed by atoms with Gasteiger partial charge < -0.3 is 15.1 Å². The largest absolute Gasteiger partial charge is 0.371 e. The molecule has 6 nitrogen and oxygen atoms in total. The summed E-state index contributed by atoms with van der Waals surface area (Å²) in [7, 11) is 2.15. The second-order valence-corrected chi connectivity index (χ2v) is 7.65. The Balaban J connectivity index is 1.81. The van der Waals surface area contributed by atoms with Crippen LogP contribution >= 0.6 is 0 Å². The van der Waals surface area contributed by atoms with Crippen molar-refractivity contribution in [3.8, 4) is 11.3 Å². The van der Waals surface area contributed by atoms with E-state index in [1.54, 1.807) is 18.6 Å². The van der Waals surface area contributed by atoms with Crippen molar-refractivity contribution >= 4 is 17.3 Å². The van der Waals surface area contributed by atoms with Crippen LogP contribution in [-0.2, 0) is 6.42 Å². The minimum Gasteiger partial charge on any atom is -0.371 e. The van der Waals surface area contributed by atoms with Gasteiger partial charge in [0.2, 0.25) is 0 Å². The monoisotopic (exact) mass is 400 g/mol. The number of rotatable bonds is 5. The Bertz CT molecular complexity index is 1050. The summed E-state index contributed by atoms with van der Waals surface area (Å²) >= 11 is 0. The third kappa shape index (κ3) is 3.99. The van der Waals surface area contributed by atoms with Crippen molar-refractivity contribution in [1.82, 2.24) is 15.0 Å². The molecule has 0 aliphatic carbocycles. The zero-order chi connectivity index (χ0) is 21.1. The predicted octanol–water partition coefficient (Wildman–Crippen LogP) is 4.64. The fourth-order valence-corrected chi connectivity index (χ4v) is 3.93. The molecule has 0 saturated heterocycles.